The van der Waals surface area contributed by atoms with Crippen molar-refractivity contribution in [2.75, 3.05) is 19.8 Å². The van der Waals surface area contributed by atoms with E-state index >= 15 is 0 Å². The lowest BCUT2D eigenvalue weighted by Gasteiger charge is -2.23. The number of sulfonamides is 1. The Morgan fingerprint density at radius 3 is 2.65 bits per heavy atom. The number of rotatable bonds is 5. The first-order chi connectivity index (χ1) is 7.93. The summed E-state index contributed by atoms with van der Waals surface area (Å²) in [7, 11) is -1.89. The summed E-state index contributed by atoms with van der Waals surface area (Å²) in [6.07, 6.45) is 1.91. The molecule has 1 atom stereocenters. The summed E-state index contributed by atoms with van der Waals surface area (Å²) < 4.78 is 25.8. The van der Waals surface area contributed by atoms with Gasteiger partial charge in [0.05, 0.1) is 4.90 Å². The van der Waals surface area contributed by atoms with E-state index in [0.29, 0.717) is 11.4 Å². The van der Waals surface area contributed by atoms with Gasteiger partial charge in [0.2, 0.25) is 10.0 Å². The highest BCUT2D eigenvalue weighted by molar-refractivity contribution is 7.98. The van der Waals surface area contributed by atoms with Gasteiger partial charge >= 0.3 is 0 Å². The normalized spacial score (nSPS) is 13.9. The standard InChI is InChI=1S/C11H18N2O2S2/c1-9(8-12)13(2)17(14,15)11-6-4-5-10(7-11)16-3/h4-7,9H,8,12H2,1-3H3. The van der Waals surface area contributed by atoms with E-state index in [4.69, 9.17) is 5.73 Å². The van der Waals surface area contributed by atoms with Crippen LogP contribution in [0.3, 0.4) is 0 Å². The van der Waals surface area contributed by atoms with Crippen LogP contribution in [0.2, 0.25) is 0 Å². The summed E-state index contributed by atoms with van der Waals surface area (Å²) >= 11 is 1.52. The minimum Gasteiger partial charge on any atom is -0.329 e. The van der Waals surface area contributed by atoms with Crippen LogP contribution in [0.15, 0.2) is 34.1 Å². The molecule has 2 N–H and O–H groups in total. The van der Waals surface area contributed by atoms with Gasteiger partial charge in [-0.15, -0.1) is 11.8 Å². The molecule has 17 heavy (non-hydrogen) atoms. The molecule has 0 aromatic heterocycles. The topological polar surface area (TPSA) is 63.4 Å². The Morgan fingerprint density at radius 2 is 2.12 bits per heavy atom. The third kappa shape index (κ3) is 3.22. The zero-order valence-corrected chi connectivity index (χ0v) is 11.9. The van der Waals surface area contributed by atoms with Gasteiger partial charge in [0.1, 0.15) is 0 Å². The Balaban J connectivity index is 3.12. The fourth-order valence-electron chi connectivity index (χ4n) is 1.31. The van der Waals surface area contributed by atoms with Crippen LogP contribution in [0, 0.1) is 0 Å². The first kappa shape index (κ1) is 14.5. The van der Waals surface area contributed by atoms with E-state index in [0.717, 1.165) is 4.90 Å². The van der Waals surface area contributed by atoms with Crippen molar-refractivity contribution in [1.82, 2.24) is 4.31 Å². The molecule has 4 nitrogen and oxygen atoms in total. The molecule has 1 aromatic carbocycles. The highest BCUT2D eigenvalue weighted by atomic mass is 32.2. The van der Waals surface area contributed by atoms with E-state index < -0.39 is 10.0 Å². The van der Waals surface area contributed by atoms with Crippen LogP contribution >= 0.6 is 11.8 Å². The van der Waals surface area contributed by atoms with Crippen molar-refractivity contribution >= 4 is 21.8 Å². The molecular formula is C11H18N2O2S2. The van der Waals surface area contributed by atoms with Crippen LogP contribution in [-0.2, 0) is 10.0 Å². The van der Waals surface area contributed by atoms with Gasteiger partial charge in [-0.3, -0.25) is 0 Å². The summed E-state index contributed by atoms with van der Waals surface area (Å²) in [6.45, 7) is 2.09. The van der Waals surface area contributed by atoms with Crippen LogP contribution in [0.4, 0.5) is 0 Å². The lowest BCUT2D eigenvalue weighted by atomic mass is 10.4. The van der Waals surface area contributed by atoms with Crippen LogP contribution in [0.25, 0.3) is 0 Å². The van der Waals surface area contributed by atoms with Gasteiger partial charge in [0.15, 0.2) is 0 Å². The van der Waals surface area contributed by atoms with Crippen molar-refractivity contribution in [3.63, 3.8) is 0 Å². The molecule has 0 spiro atoms. The number of hydrogen-bond acceptors (Lipinski definition) is 4. The Bertz CT molecular complexity index is 474. The van der Waals surface area contributed by atoms with E-state index in [2.05, 4.69) is 0 Å². The second-order valence-electron chi connectivity index (χ2n) is 3.78. The van der Waals surface area contributed by atoms with Crippen LogP contribution < -0.4 is 5.73 Å². The number of thioether (sulfide) groups is 1. The average Bonchev–Trinajstić information content (AvgIpc) is 2.36. The third-order valence-electron chi connectivity index (χ3n) is 2.68. The highest BCUT2D eigenvalue weighted by Gasteiger charge is 2.24. The van der Waals surface area contributed by atoms with Crippen molar-refractivity contribution in [2.45, 2.75) is 22.8 Å². The lowest BCUT2D eigenvalue weighted by molar-refractivity contribution is 0.394. The fourth-order valence-corrected chi connectivity index (χ4v) is 3.27. The van der Waals surface area contributed by atoms with Crippen LogP contribution in [0.1, 0.15) is 6.92 Å². The molecule has 6 heteroatoms. The molecule has 0 bridgehead atoms. The molecule has 0 amide bonds. The first-order valence-corrected chi connectivity index (χ1v) is 7.92. The maximum atomic E-state index is 12.3. The summed E-state index contributed by atoms with van der Waals surface area (Å²) in [4.78, 5) is 1.24. The maximum absolute atomic E-state index is 12.3. The number of hydrogen-bond donors (Lipinski definition) is 1. The fraction of sp³-hybridized carbons (Fsp3) is 0.455. The van der Waals surface area contributed by atoms with Crippen molar-refractivity contribution in [2.24, 2.45) is 5.73 Å². The zero-order valence-electron chi connectivity index (χ0n) is 10.3. The Kier molecular flexibility index (Phi) is 5.00. The molecule has 96 valence electrons. The van der Waals surface area contributed by atoms with Gasteiger partial charge in [0, 0.05) is 24.5 Å². The third-order valence-corrected chi connectivity index (χ3v) is 5.37. The summed E-state index contributed by atoms with van der Waals surface area (Å²) in [5, 5.41) is 0. The molecular weight excluding hydrogens is 256 g/mol. The Morgan fingerprint density at radius 1 is 1.47 bits per heavy atom. The number of likely N-dealkylation sites (N-methyl/N-ethyl adjacent to an activating group) is 1. The second-order valence-corrected chi connectivity index (χ2v) is 6.66. The number of nitrogens with two attached hydrogens (primary N) is 1. The first-order valence-electron chi connectivity index (χ1n) is 5.25. The van der Waals surface area contributed by atoms with Crippen LogP contribution in [0.5, 0.6) is 0 Å². The van der Waals surface area contributed by atoms with Gasteiger partial charge in [-0.2, -0.15) is 4.31 Å². The van der Waals surface area contributed by atoms with E-state index in [1.165, 1.54) is 16.1 Å². The predicted molar refractivity (Wildman–Crippen MR) is 71.7 cm³/mol. The predicted octanol–water partition coefficient (Wildman–Crippen LogP) is 1.38. The molecule has 0 fully saturated rings. The Hall–Kier alpha value is -0.560. The minimum absolute atomic E-state index is 0.210. The number of benzene rings is 1. The molecule has 0 aliphatic heterocycles. The molecule has 0 saturated carbocycles. The highest BCUT2D eigenvalue weighted by Crippen LogP contribution is 2.22. The largest absolute Gasteiger partial charge is 0.329 e. The summed E-state index contributed by atoms with van der Waals surface area (Å²) in [5.74, 6) is 0. The number of nitrogens with zero attached hydrogens (tertiary/aromatic N) is 1. The van der Waals surface area contributed by atoms with Gasteiger partial charge in [-0.1, -0.05) is 6.07 Å². The van der Waals surface area contributed by atoms with Gasteiger partial charge in [-0.05, 0) is 31.4 Å². The summed E-state index contributed by atoms with van der Waals surface area (Å²) in [6, 6.07) is 6.71. The lowest BCUT2D eigenvalue weighted by Crippen LogP contribution is -2.39. The smallest absolute Gasteiger partial charge is 0.243 e. The Labute approximate surface area is 107 Å². The zero-order chi connectivity index (χ0) is 13.1. The van der Waals surface area contributed by atoms with Crippen LogP contribution in [-0.4, -0.2) is 38.6 Å². The molecule has 0 radical (unpaired) electrons. The van der Waals surface area contributed by atoms with Crippen molar-refractivity contribution in [1.29, 1.82) is 0 Å². The van der Waals surface area contributed by atoms with E-state index in [1.807, 2.05) is 12.3 Å². The minimum atomic E-state index is -3.44. The monoisotopic (exact) mass is 274 g/mol. The van der Waals surface area contributed by atoms with Gasteiger partial charge in [-0.25, -0.2) is 8.42 Å². The van der Waals surface area contributed by atoms with E-state index in [-0.39, 0.29) is 6.04 Å². The second kappa shape index (κ2) is 5.86. The molecule has 0 saturated heterocycles. The summed E-state index contributed by atoms with van der Waals surface area (Å²) in [5.41, 5.74) is 5.49. The van der Waals surface area contributed by atoms with Gasteiger partial charge < -0.3 is 5.73 Å². The van der Waals surface area contributed by atoms with Crippen molar-refractivity contribution in [3.05, 3.63) is 24.3 Å². The van der Waals surface area contributed by atoms with Crippen molar-refractivity contribution in [3.8, 4) is 0 Å². The SMILES string of the molecule is CSc1cccc(S(=O)(=O)N(C)C(C)CN)c1. The molecule has 0 heterocycles. The van der Waals surface area contributed by atoms with E-state index in [1.54, 1.807) is 32.2 Å². The molecule has 1 rings (SSSR count). The molecule has 1 unspecified atom stereocenters. The molecule has 1 aromatic rings. The van der Waals surface area contributed by atoms with E-state index in [9.17, 15) is 8.42 Å². The van der Waals surface area contributed by atoms with Crippen molar-refractivity contribution < 1.29 is 8.42 Å². The maximum Gasteiger partial charge on any atom is 0.243 e. The quantitative estimate of drug-likeness (QED) is 0.824. The van der Waals surface area contributed by atoms with Gasteiger partial charge in [0.25, 0.3) is 0 Å². The average molecular weight is 274 g/mol. The molecule has 0 aliphatic carbocycles. The molecule has 0 aliphatic rings.